The van der Waals surface area contributed by atoms with E-state index in [9.17, 15) is 9.59 Å². The van der Waals surface area contributed by atoms with E-state index in [0.29, 0.717) is 11.3 Å². The lowest BCUT2D eigenvalue weighted by atomic mass is 9.98. The van der Waals surface area contributed by atoms with E-state index in [1.54, 1.807) is 23.9 Å². The van der Waals surface area contributed by atoms with Gasteiger partial charge in [-0.3, -0.25) is 9.59 Å². The number of benzene rings is 3. The minimum absolute atomic E-state index is 0.276. The van der Waals surface area contributed by atoms with Gasteiger partial charge in [0.2, 0.25) is 12.3 Å². The van der Waals surface area contributed by atoms with Gasteiger partial charge in [0.15, 0.2) is 6.04 Å². The lowest BCUT2D eigenvalue weighted by Gasteiger charge is -2.15. The van der Waals surface area contributed by atoms with E-state index >= 15 is 0 Å². The smallest absolute Gasteiger partial charge is 0.304 e. The topological polar surface area (TPSA) is 70.4 Å². The van der Waals surface area contributed by atoms with Crippen LogP contribution in [0, 0.1) is 13.8 Å². The van der Waals surface area contributed by atoms with Crippen LogP contribution in [-0.2, 0) is 4.79 Å². The molecule has 0 radical (unpaired) electrons. The SMILES string of the molecule is COc1ccccc1/C=[N+]1\NC(=O)[C@@H](NC(=O)c2ccc(C)cc2)[C@@H]1c1ccc(C)cc1. The lowest BCUT2D eigenvalue weighted by molar-refractivity contribution is -0.596. The van der Waals surface area contributed by atoms with Gasteiger partial charge in [0, 0.05) is 11.1 Å². The molecular formula is C26H26N3O3+. The molecular weight excluding hydrogens is 402 g/mol. The third kappa shape index (κ3) is 4.39. The highest BCUT2D eigenvalue weighted by Crippen LogP contribution is 2.27. The van der Waals surface area contributed by atoms with Gasteiger partial charge in [0.25, 0.3) is 5.91 Å². The number of hydrogen-bond acceptors (Lipinski definition) is 3. The molecule has 4 rings (SSSR count). The second kappa shape index (κ2) is 9.06. The first-order valence-electron chi connectivity index (χ1n) is 10.5. The molecule has 0 saturated carbocycles. The van der Waals surface area contributed by atoms with Gasteiger partial charge in [-0.2, -0.15) is 0 Å². The van der Waals surface area contributed by atoms with Gasteiger partial charge in [-0.15, -0.1) is 10.1 Å². The van der Waals surface area contributed by atoms with Crippen LogP contribution in [0.3, 0.4) is 0 Å². The molecule has 2 atom stereocenters. The number of rotatable bonds is 5. The molecule has 2 amide bonds. The Labute approximate surface area is 187 Å². The molecule has 0 spiro atoms. The first-order chi connectivity index (χ1) is 15.5. The van der Waals surface area contributed by atoms with Gasteiger partial charge in [0.05, 0.1) is 12.7 Å². The average molecular weight is 429 g/mol. The van der Waals surface area contributed by atoms with Crippen LogP contribution in [0.1, 0.15) is 38.7 Å². The van der Waals surface area contributed by atoms with Gasteiger partial charge < -0.3 is 10.1 Å². The number of nitrogens with zero attached hydrogens (tertiary/aromatic N) is 1. The fraction of sp³-hybridized carbons (Fsp3) is 0.192. The average Bonchev–Trinajstić information content (AvgIpc) is 3.09. The van der Waals surface area contributed by atoms with Crippen molar-refractivity contribution in [3.63, 3.8) is 0 Å². The van der Waals surface area contributed by atoms with E-state index in [-0.39, 0.29) is 11.8 Å². The predicted molar refractivity (Wildman–Crippen MR) is 123 cm³/mol. The van der Waals surface area contributed by atoms with E-state index in [1.807, 2.05) is 80.7 Å². The zero-order valence-electron chi connectivity index (χ0n) is 18.3. The van der Waals surface area contributed by atoms with Crippen LogP contribution in [0.25, 0.3) is 0 Å². The van der Waals surface area contributed by atoms with Crippen molar-refractivity contribution in [1.82, 2.24) is 10.7 Å². The van der Waals surface area contributed by atoms with Crippen molar-refractivity contribution in [3.8, 4) is 5.75 Å². The number of hydrazine groups is 1. The molecule has 1 aliphatic rings. The maximum absolute atomic E-state index is 13.0. The summed E-state index contributed by atoms with van der Waals surface area (Å²) in [7, 11) is 1.61. The van der Waals surface area contributed by atoms with Gasteiger partial charge in [0.1, 0.15) is 5.75 Å². The van der Waals surface area contributed by atoms with Crippen LogP contribution < -0.4 is 15.5 Å². The molecule has 3 aromatic carbocycles. The number of nitrogens with one attached hydrogen (secondary N) is 2. The Hall–Kier alpha value is -3.93. The molecule has 1 heterocycles. The third-order valence-corrected chi connectivity index (χ3v) is 5.57. The molecule has 3 aromatic rings. The molecule has 0 unspecified atom stereocenters. The summed E-state index contributed by atoms with van der Waals surface area (Å²) < 4.78 is 7.20. The van der Waals surface area contributed by atoms with E-state index < -0.39 is 12.1 Å². The molecule has 1 saturated heterocycles. The molecule has 0 aromatic heterocycles. The highest BCUT2D eigenvalue weighted by molar-refractivity contribution is 5.98. The van der Waals surface area contributed by atoms with Crippen LogP contribution in [0.2, 0.25) is 0 Å². The quantitative estimate of drug-likeness (QED) is 0.613. The Morgan fingerprint density at radius 1 is 0.969 bits per heavy atom. The summed E-state index contributed by atoms with van der Waals surface area (Å²) in [5.41, 5.74) is 7.32. The highest BCUT2D eigenvalue weighted by atomic mass is 16.5. The van der Waals surface area contributed by atoms with Crippen LogP contribution in [0.4, 0.5) is 0 Å². The van der Waals surface area contributed by atoms with Crippen LogP contribution in [0.15, 0.2) is 72.8 Å². The third-order valence-electron chi connectivity index (χ3n) is 5.57. The summed E-state index contributed by atoms with van der Waals surface area (Å²) in [4.78, 5) is 25.9. The minimum Gasteiger partial charge on any atom is -0.496 e. The molecule has 0 bridgehead atoms. The lowest BCUT2D eigenvalue weighted by Crippen LogP contribution is -2.42. The fourth-order valence-electron chi connectivity index (χ4n) is 3.80. The van der Waals surface area contributed by atoms with Crippen molar-refractivity contribution in [2.45, 2.75) is 25.9 Å². The molecule has 1 fully saturated rings. The van der Waals surface area contributed by atoms with Crippen molar-refractivity contribution in [2.75, 3.05) is 7.11 Å². The van der Waals surface area contributed by atoms with Gasteiger partial charge in [-0.05, 0) is 38.1 Å². The van der Waals surface area contributed by atoms with Crippen molar-refractivity contribution >= 4 is 18.0 Å². The number of ether oxygens (including phenoxy) is 1. The molecule has 0 aliphatic carbocycles. The Balaban J connectivity index is 1.72. The molecule has 6 nitrogen and oxygen atoms in total. The van der Waals surface area contributed by atoms with Crippen LogP contribution >= 0.6 is 0 Å². The van der Waals surface area contributed by atoms with Crippen molar-refractivity contribution in [1.29, 1.82) is 0 Å². The zero-order chi connectivity index (χ0) is 22.7. The number of hydrogen-bond donors (Lipinski definition) is 2. The van der Waals surface area contributed by atoms with E-state index in [1.165, 1.54) is 0 Å². The van der Waals surface area contributed by atoms with Crippen molar-refractivity contribution < 1.29 is 19.0 Å². The second-order valence-electron chi connectivity index (χ2n) is 7.93. The summed E-state index contributed by atoms with van der Waals surface area (Å²) in [6, 6.07) is 21.6. The summed E-state index contributed by atoms with van der Waals surface area (Å²) in [5, 5.41) is 2.93. The summed E-state index contributed by atoms with van der Waals surface area (Å²) in [6.45, 7) is 3.97. The standard InChI is InChI=1S/C26H25N3O3/c1-17-8-12-19(13-9-17)24-23(27-25(30)20-14-10-18(2)11-15-20)26(31)28-29(24)16-21-6-4-5-7-22(21)32-3/h4-16,23-24H,1-3H3,(H-,27,28,30,31)/p+1/b29-16-/t23-,24-/m0/s1. The van der Waals surface area contributed by atoms with E-state index in [4.69, 9.17) is 4.74 Å². The largest absolute Gasteiger partial charge is 0.496 e. The Kier molecular flexibility index (Phi) is 6.03. The van der Waals surface area contributed by atoms with Gasteiger partial charge in [-0.25, -0.2) is 0 Å². The second-order valence-corrected chi connectivity index (χ2v) is 7.93. The highest BCUT2D eigenvalue weighted by Gasteiger charge is 2.47. The van der Waals surface area contributed by atoms with E-state index in [0.717, 1.165) is 22.3 Å². The van der Waals surface area contributed by atoms with Crippen LogP contribution in [0.5, 0.6) is 5.75 Å². The molecule has 2 N–H and O–H groups in total. The maximum Gasteiger partial charge on any atom is 0.304 e. The normalized spacial score (nSPS) is 19.0. The maximum atomic E-state index is 13.0. The van der Waals surface area contributed by atoms with Crippen molar-refractivity contribution in [2.24, 2.45) is 0 Å². The zero-order valence-corrected chi connectivity index (χ0v) is 18.3. The van der Waals surface area contributed by atoms with Gasteiger partial charge >= 0.3 is 5.91 Å². The fourth-order valence-corrected chi connectivity index (χ4v) is 3.80. The number of methoxy groups -OCH3 is 1. The molecule has 6 heteroatoms. The Morgan fingerprint density at radius 3 is 2.25 bits per heavy atom. The first-order valence-corrected chi connectivity index (χ1v) is 10.5. The molecule has 32 heavy (non-hydrogen) atoms. The minimum atomic E-state index is -0.766. The van der Waals surface area contributed by atoms with Crippen molar-refractivity contribution in [3.05, 3.63) is 101 Å². The number of carbonyl (C=O) groups is 2. The first kappa shape index (κ1) is 21.3. The summed E-state index contributed by atoms with van der Waals surface area (Å²) in [6.07, 6.45) is 1.83. The predicted octanol–water partition coefficient (Wildman–Crippen LogP) is 3.33. The number of aryl methyl sites for hydroxylation is 2. The molecule has 1 aliphatic heterocycles. The van der Waals surface area contributed by atoms with E-state index in [2.05, 4.69) is 10.7 Å². The number of hydrazone groups is 1. The summed E-state index contributed by atoms with van der Waals surface area (Å²) >= 11 is 0. The van der Waals surface area contributed by atoms with Crippen LogP contribution in [-0.4, -0.2) is 35.9 Å². The molecule has 162 valence electrons. The number of carbonyl (C=O) groups excluding carboxylic acids is 2. The number of para-hydroxylation sites is 1. The Bertz CT molecular complexity index is 1170. The Morgan fingerprint density at radius 2 is 1.59 bits per heavy atom. The summed E-state index contributed by atoms with van der Waals surface area (Å²) in [5.74, 6) is 0.125. The number of amides is 2. The monoisotopic (exact) mass is 428 g/mol. The van der Waals surface area contributed by atoms with Gasteiger partial charge in [-0.1, -0.05) is 59.7 Å².